The molecule has 0 aliphatic rings. The van der Waals surface area contributed by atoms with E-state index in [4.69, 9.17) is 5.11 Å². The predicted molar refractivity (Wildman–Crippen MR) is 62.0 cm³/mol. The van der Waals surface area contributed by atoms with E-state index in [0.717, 1.165) is 0 Å². The van der Waals surface area contributed by atoms with Gasteiger partial charge in [0.25, 0.3) is 0 Å². The van der Waals surface area contributed by atoms with Crippen LogP contribution in [0.2, 0.25) is 0 Å². The number of carbonyl (C=O) groups is 2. The van der Waals surface area contributed by atoms with Crippen molar-refractivity contribution in [1.29, 1.82) is 0 Å². The molecule has 0 aliphatic heterocycles. The molecule has 0 heterocycles. The van der Waals surface area contributed by atoms with Gasteiger partial charge in [-0.15, -0.1) is 0 Å². The fourth-order valence-electron chi connectivity index (χ4n) is 0.992. The van der Waals surface area contributed by atoms with Gasteiger partial charge in [-0.1, -0.05) is 6.58 Å². The summed E-state index contributed by atoms with van der Waals surface area (Å²) < 4.78 is 4.47. The number of aliphatic hydroxyl groups is 2. The molecule has 2 N–H and O–H groups in total. The van der Waals surface area contributed by atoms with Crippen LogP contribution in [0.4, 0.5) is 0 Å². The van der Waals surface area contributed by atoms with Crippen molar-refractivity contribution in [2.75, 3.05) is 6.61 Å². The predicted octanol–water partition coefficient (Wildman–Crippen LogP) is 0.712. The quantitative estimate of drug-likeness (QED) is 0.407. The Morgan fingerprint density at radius 3 is 2.41 bits per heavy atom. The van der Waals surface area contributed by atoms with E-state index >= 15 is 0 Å². The van der Waals surface area contributed by atoms with E-state index in [1.165, 1.54) is 19.9 Å². The number of aliphatic hydroxyl groups excluding tert-OH is 2. The summed E-state index contributed by atoms with van der Waals surface area (Å²) in [6.45, 7) is 6.20. The van der Waals surface area contributed by atoms with Crippen molar-refractivity contribution in [3.63, 3.8) is 0 Å². The second kappa shape index (κ2) is 7.76. The van der Waals surface area contributed by atoms with Crippen LogP contribution >= 0.6 is 0 Å². The topological polar surface area (TPSA) is 83.8 Å². The third kappa shape index (κ3) is 6.65. The lowest BCUT2D eigenvalue weighted by atomic mass is 10.1. The van der Waals surface area contributed by atoms with E-state index in [1.807, 2.05) is 0 Å². The summed E-state index contributed by atoms with van der Waals surface area (Å²) >= 11 is 0. The van der Waals surface area contributed by atoms with Crippen molar-refractivity contribution in [2.45, 2.75) is 32.8 Å². The van der Waals surface area contributed by atoms with E-state index in [0.29, 0.717) is 12.8 Å². The van der Waals surface area contributed by atoms with Crippen molar-refractivity contribution >= 4 is 11.9 Å². The zero-order valence-electron chi connectivity index (χ0n) is 10.1. The van der Waals surface area contributed by atoms with E-state index in [9.17, 15) is 14.7 Å². The largest absolute Gasteiger partial charge is 0.396 e. The van der Waals surface area contributed by atoms with E-state index in [2.05, 4.69) is 11.3 Å². The van der Waals surface area contributed by atoms with Gasteiger partial charge in [0.2, 0.25) is 0 Å². The first-order valence-corrected chi connectivity index (χ1v) is 5.27. The molecule has 0 radical (unpaired) electrons. The number of hydrogen-bond donors (Lipinski definition) is 2. The second-order valence-corrected chi connectivity index (χ2v) is 3.74. The maximum atomic E-state index is 11.4. The Labute approximate surface area is 100 Å². The van der Waals surface area contributed by atoms with Gasteiger partial charge < -0.3 is 14.9 Å². The molecule has 0 aromatic rings. The molecule has 1 unspecified atom stereocenters. The molecule has 0 rings (SSSR count). The molecule has 0 fully saturated rings. The molecule has 0 aromatic heterocycles. The highest BCUT2D eigenvalue weighted by atomic mass is 16.6. The lowest BCUT2D eigenvalue weighted by Crippen LogP contribution is -2.15. The Morgan fingerprint density at radius 2 is 1.94 bits per heavy atom. The third-order valence-electron chi connectivity index (χ3n) is 1.96. The minimum atomic E-state index is -0.838. The maximum Gasteiger partial charge on any atom is 0.341 e. The standard InChI is InChI=1S/C12H18O5/c1-8(2)11(15)17-12(16)9(3)7-10(14)5-4-6-13/h7,10,13-14H,1,4-6H2,2-3H3. The molecule has 96 valence electrons. The monoisotopic (exact) mass is 242 g/mol. The van der Waals surface area contributed by atoms with Crippen LogP contribution in [0.1, 0.15) is 26.7 Å². The molecule has 0 saturated carbocycles. The number of rotatable bonds is 6. The summed E-state index contributed by atoms with van der Waals surface area (Å²) in [6.07, 6.45) is 1.24. The molecular weight excluding hydrogens is 224 g/mol. The smallest absolute Gasteiger partial charge is 0.341 e. The summed E-state index contributed by atoms with van der Waals surface area (Å²) in [7, 11) is 0. The Balaban J connectivity index is 4.33. The lowest BCUT2D eigenvalue weighted by Gasteiger charge is -2.06. The van der Waals surface area contributed by atoms with E-state index in [-0.39, 0.29) is 17.8 Å². The fourth-order valence-corrected chi connectivity index (χ4v) is 0.992. The van der Waals surface area contributed by atoms with Crippen LogP contribution < -0.4 is 0 Å². The normalized spacial score (nSPS) is 13.1. The van der Waals surface area contributed by atoms with Crippen LogP contribution in [0, 0.1) is 0 Å². The van der Waals surface area contributed by atoms with Crippen LogP contribution in [0.15, 0.2) is 23.8 Å². The summed E-state index contributed by atoms with van der Waals surface area (Å²) in [5.74, 6) is -1.59. The van der Waals surface area contributed by atoms with Crippen LogP contribution in [-0.2, 0) is 14.3 Å². The van der Waals surface area contributed by atoms with Gasteiger partial charge >= 0.3 is 11.9 Å². The minimum Gasteiger partial charge on any atom is -0.396 e. The summed E-state index contributed by atoms with van der Waals surface area (Å²) in [5.41, 5.74) is 0.275. The molecule has 0 amide bonds. The van der Waals surface area contributed by atoms with Gasteiger partial charge in [-0.25, -0.2) is 9.59 Å². The molecule has 17 heavy (non-hydrogen) atoms. The van der Waals surface area contributed by atoms with Gasteiger partial charge in [0.1, 0.15) is 0 Å². The van der Waals surface area contributed by atoms with Crippen LogP contribution in [0.25, 0.3) is 0 Å². The van der Waals surface area contributed by atoms with Gasteiger partial charge in [-0.3, -0.25) is 0 Å². The third-order valence-corrected chi connectivity index (χ3v) is 1.96. The van der Waals surface area contributed by atoms with Gasteiger partial charge in [0.15, 0.2) is 0 Å². The summed E-state index contributed by atoms with van der Waals surface area (Å²) in [4.78, 5) is 22.4. The van der Waals surface area contributed by atoms with Crippen molar-refractivity contribution in [3.05, 3.63) is 23.8 Å². The molecular formula is C12H18O5. The number of ether oxygens (including phenoxy) is 1. The van der Waals surface area contributed by atoms with Crippen molar-refractivity contribution in [1.82, 2.24) is 0 Å². The average Bonchev–Trinajstić information content (AvgIpc) is 2.25. The van der Waals surface area contributed by atoms with Gasteiger partial charge in [0.05, 0.1) is 6.10 Å². The van der Waals surface area contributed by atoms with Crippen molar-refractivity contribution in [3.8, 4) is 0 Å². The first-order chi connectivity index (χ1) is 7.88. The van der Waals surface area contributed by atoms with Gasteiger partial charge in [-0.2, -0.15) is 0 Å². The molecule has 0 bridgehead atoms. The Bertz CT molecular complexity index is 330. The molecule has 1 atom stereocenters. The Hall–Kier alpha value is -1.46. The highest BCUT2D eigenvalue weighted by Gasteiger charge is 2.13. The first-order valence-electron chi connectivity index (χ1n) is 5.27. The first kappa shape index (κ1) is 15.5. The van der Waals surface area contributed by atoms with Crippen LogP contribution in [0.5, 0.6) is 0 Å². The Morgan fingerprint density at radius 1 is 1.35 bits per heavy atom. The molecule has 0 saturated heterocycles. The molecule has 0 aliphatic carbocycles. The lowest BCUT2D eigenvalue weighted by molar-refractivity contribution is -0.154. The zero-order valence-corrected chi connectivity index (χ0v) is 10.1. The number of hydrogen-bond acceptors (Lipinski definition) is 5. The number of carbonyl (C=O) groups excluding carboxylic acids is 2. The van der Waals surface area contributed by atoms with Crippen LogP contribution in [0.3, 0.4) is 0 Å². The Kier molecular flexibility index (Phi) is 7.09. The number of esters is 2. The average molecular weight is 242 g/mol. The van der Waals surface area contributed by atoms with E-state index in [1.54, 1.807) is 0 Å². The molecule has 0 aromatic carbocycles. The van der Waals surface area contributed by atoms with E-state index < -0.39 is 18.0 Å². The van der Waals surface area contributed by atoms with Gasteiger partial charge in [-0.05, 0) is 32.8 Å². The maximum absolute atomic E-state index is 11.4. The highest BCUT2D eigenvalue weighted by Crippen LogP contribution is 2.05. The minimum absolute atomic E-state index is 0.0253. The van der Waals surface area contributed by atoms with Crippen LogP contribution in [-0.4, -0.2) is 34.9 Å². The molecule has 5 nitrogen and oxygen atoms in total. The second-order valence-electron chi connectivity index (χ2n) is 3.74. The van der Waals surface area contributed by atoms with Crippen molar-refractivity contribution in [2.24, 2.45) is 0 Å². The molecule has 5 heteroatoms. The summed E-state index contributed by atoms with van der Waals surface area (Å²) in [5, 5.41) is 18.0. The van der Waals surface area contributed by atoms with Gasteiger partial charge in [0, 0.05) is 17.8 Å². The highest BCUT2D eigenvalue weighted by molar-refractivity contribution is 6.01. The summed E-state index contributed by atoms with van der Waals surface area (Å²) in [6, 6.07) is 0. The SMILES string of the molecule is C=C(C)C(=O)OC(=O)C(C)=CC(O)CCCO. The zero-order chi connectivity index (χ0) is 13.4. The molecule has 0 spiro atoms. The van der Waals surface area contributed by atoms with Crippen molar-refractivity contribution < 1.29 is 24.5 Å². The fraction of sp³-hybridized carbons (Fsp3) is 0.500.